The average molecular weight is 300 g/mol. The van der Waals surface area contributed by atoms with E-state index in [1.165, 1.54) is 0 Å². The van der Waals surface area contributed by atoms with E-state index in [1.807, 2.05) is 25.1 Å². The monoisotopic (exact) mass is 300 g/mol. The first-order chi connectivity index (χ1) is 10.6. The number of nitrogens with zero attached hydrogens (tertiary/aromatic N) is 1. The number of aryl methyl sites for hydroxylation is 1. The van der Waals surface area contributed by atoms with Crippen molar-refractivity contribution in [3.8, 4) is 0 Å². The minimum absolute atomic E-state index is 0.172. The van der Waals surface area contributed by atoms with Gasteiger partial charge in [-0.15, -0.1) is 0 Å². The summed E-state index contributed by atoms with van der Waals surface area (Å²) >= 11 is 0. The molecule has 0 spiro atoms. The van der Waals surface area contributed by atoms with Crippen molar-refractivity contribution in [1.29, 1.82) is 0 Å². The van der Waals surface area contributed by atoms with Crippen molar-refractivity contribution < 1.29 is 14.4 Å². The van der Waals surface area contributed by atoms with Crippen molar-refractivity contribution in [3.63, 3.8) is 0 Å². The van der Waals surface area contributed by atoms with Crippen LogP contribution in [0.3, 0.4) is 0 Å². The molecular formula is C17H20N2O3. The molecule has 5 heteroatoms. The maximum Gasteiger partial charge on any atom is 0.244 e. The molecule has 3 amide bonds. The molecule has 2 atom stereocenters. The molecule has 1 aromatic carbocycles. The molecule has 3 rings (SSSR count). The molecule has 22 heavy (non-hydrogen) atoms. The van der Waals surface area contributed by atoms with Crippen LogP contribution in [-0.4, -0.2) is 29.2 Å². The fourth-order valence-corrected chi connectivity index (χ4v) is 3.43. The second-order valence-electron chi connectivity index (χ2n) is 6.12. The fraction of sp³-hybridized carbons (Fsp3) is 0.471. The van der Waals surface area contributed by atoms with Crippen molar-refractivity contribution in [2.24, 2.45) is 11.8 Å². The molecule has 0 bridgehead atoms. The summed E-state index contributed by atoms with van der Waals surface area (Å²) in [5.74, 6) is -1.07. The second-order valence-corrected chi connectivity index (χ2v) is 6.12. The van der Waals surface area contributed by atoms with Crippen LogP contribution in [0.25, 0.3) is 0 Å². The number of anilines is 1. The highest BCUT2D eigenvalue weighted by Crippen LogP contribution is 2.37. The lowest BCUT2D eigenvalue weighted by atomic mass is 9.81. The summed E-state index contributed by atoms with van der Waals surface area (Å²) in [5.41, 5.74) is 1.66. The first kappa shape index (κ1) is 14.8. The molecule has 2 fully saturated rings. The van der Waals surface area contributed by atoms with Crippen LogP contribution in [0.2, 0.25) is 0 Å². The summed E-state index contributed by atoms with van der Waals surface area (Å²) in [7, 11) is 0. The lowest BCUT2D eigenvalue weighted by molar-refractivity contribution is -0.142. The van der Waals surface area contributed by atoms with Gasteiger partial charge in [0.1, 0.15) is 6.54 Å². The molecule has 1 heterocycles. The van der Waals surface area contributed by atoms with Crippen LogP contribution in [0.4, 0.5) is 5.69 Å². The molecule has 2 aliphatic rings. The Labute approximate surface area is 129 Å². The number of nitrogens with one attached hydrogen (secondary N) is 1. The Hall–Kier alpha value is -2.17. The van der Waals surface area contributed by atoms with Gasteiger partial charge in [0, 0.05) is 5.69 Å². The molecule has 116 valence electrons. The summed E-state index contributed by atoms with van der Waals surface area (Å²) < 4.78 is 0. The number of rotatable bonds is 3. The van der Waals surface area contributed by atoms with Crippen molar-refractivity contribution in [2.75, 3.05) is 11.9 Å². The van der Waals surface area contributed by atoms with E-state index in [1.54, 1.807) is 6.07 Å². The predicted molar refractivity (Wildman–Crippen MR) is 82.0 cm³/mol. The highest BCUT2D eigenvalue weighted by atomic mass is 16.2. The lowest BCUT2D eigenvalue weighted by Crippen LogP contribution is -2.38. The van der Waals surface area contributed by atoms with Crippen LogP contribution in [-0.2, 0) is 14.4 Å². The number of fused-ring (bicyclic) bond motifs is 1. The van der Waals surface area contributed by atoms with Gasteiger partial charge in [0.15, 0.2) is 0 Å². The van der Waals surface area contributed by atoms with E-state index in [2.05, 4.69) is 5.32 Å². The van der Waals surface area contributed by atoms with E-state index in [9.17, 15) is 14.4 Å². The Balaban J connectivity index is 1.68. The van der Waals surface area contributed by atoms with Gasteiger partial charge in [0.05, 0.1) is 11.8 Å². The van der Waals surface area contributed by atoms with E-state index in [-0.39, 0.29) is 36.1 Å². The molecule has 1 N–H and O–H groups in total. The van der Waals surface area contributed by atoms with Gasteiger partial charge in [-0.05, 0) is 31.4 Å². The summed E-state index contributed by atoms with van der Waals surface area (Å²) in [6.45, 7) is 1.72. The Kier molecular flexibility index (Phi) is 3.96. The third kappa shape index (κ3) is 2.63. The van der Waals surface area contributed by atoms with E-state index in [0.29, 0.717) is 5.69 Å². The molecule has 1 aliphatic heterocycles. The number of carbonyl (C=O) groups excluding carboxylic acids is 3. The average Bonchev–Trinajstić information content (AvgIpc) is 2.75. The first-order valence-corrected chi connectivity index (χ1v) is 7.78. The van der Waals surface area contributed by atoms with Crippen molar-refractivity contribution >= 4 is 23.4 Å². The number of imide groups is 1. The van der Waals surface area contributed by atoms with Crippen LogP contribution in [0.15, 0.2) is 24.3 Å². The molecular weight excluding hydrogens is 280 g/mol. The molecule has 1 aliphatic carbocycles. The Bertz CT molecular complexity index is 602. The molecule has 5 nitrogen and oxygen atoms in total. The van der Waals surface area contributed by atoms with Crippen LogP contribution in [0.1, 0.15) is 31.2 Å². The predicted octanol–water partition coefficient (Wildman–Crippen LogP) is 2.11. The highest BCUT2D eigenvalue weighted by molar-refractivity contribution is 6.08. The van der Waals surface area contributed by atoms with E-state index >= 15 is 0 Å². The maximum atomic E-state index is 12.3. The van der Waals surface area contributed by atoms with E-state index in [0.717, 1.165) is 36.1 Å². The second kappa shape index (κ2) is 5.91. The molecule has 0 aromatic heterocycles. The minimum Gasteiger partial charge on any atom is -0.324 e. The summed E-state index contributed by atoms with van der Waals surface area (Å²) in [5, 5.41) is 2.77. The number of carbonyl (C=O) groups is 3. The van der Waals surface area contributed by atoms with Crippen molar-refractivity contribution in [2.45, 2.75) is 32.6 Å². The van der Waals surface area contributed by atoms with Gasteiger partial charge < -0.3 is 5.32 Å². The van der Waals surface area contributed by atoms with Gasteiger partial charge >= 0.3 is 0 Å². The molecule has 0 radical (unpaired) electrons. The van der Waals surface area contributed by atoms with Crippen molar-refractivity contribution in [1.82, 2.24) is 4.90 Å². The summed E-state index contributed by atoms with van der Waals surface area (Å²) in [4.78, 5) is 38.0. The van der Waals surface area contributed by atoms with Gasteiger partial charge in [-0.3, -0.25) is 19.3 Å². The van der Waals surface area contributed by atoms with Crippen LogP contribution >= 0.6 is 0 Å². The normalized spacial score (nSPS) is 24.3. The molecule has 1 saturated heterocycles. The molecule has 2 unspecified atom stereocenters. The van der Waals surface area contributed by atoms with E-state index < -0.39 is 0 Å². The zero-order valence-electron chi connectivity index (χ0n) is 12.7. The first-order valence-electron chi connectivity index (χ1n) is 7.78. The molecule has 1 saturated carbocycles. The smallest absolute Gasteiger partial charge is 0.244 e. The number of amides is 3. The van der Waals surface area contributed by atoms with Crippen LogP contribution < -0.4 is 5.32 Å². The van der Waals surface area contributed by atoms with Gasteiger partial charge in [0.25, 0.3) is 0 Å². The number of benzene rings is 1. The van der Waals surface area contributed by atoms with Gasteiger partial charge in [-0.25, -0.2) is 0 Å². The van der Waals surface area contributed by atoms with E-state index in [4.69, 9.17) is 0 Å². The van der Waals surface area contributed by atoms with Crippen LogP contribution in [0.5, 0.6) is 0 Å². The summed E-state index contributed by atoms with van der Waals surface area (Å²) in [6.07, 6.45) is 3.52. The van der Waals surface area contributed by atoms with Crippen molar-refractivity contribution in [3.05, 3.63) is 29.8 Å². The quantitative estimate of drug-likeness (QED) is 0.869. The van der Waals surface area contributed by atoms with Gasteiger partial charge in [-0.1, -0.05) is 31.0 Å². The zero-order chi connectivity index (χ0) is 15.7. The Morgan fingerprint density at radius 1 is 1.14 bits per heavy atom. The highest BCUT2D eigenvalue weighted by Gasteiger charge is 2.48. The lowest BCUT2D eigenvalue weighted by Gasteiger charge is -2.19. The van der Waals surface area contributed by atoms with Crippen LogP contribution in [0, 0.1) is 18.8 Å². The zero-order valence-corrected chi connectivity index (χ0v) is 12.7. The topological polar surface area (TPSA) is 66.5 Å². The fourth-order valence-electron chi connectivity index (χ4n) is 3.43. The third-order valence-electron chi connectivity index (χ3n) is 4.65. The SMILES string of the molecule is Cc1ccccc1NC(=O)CN1C(=O)C2CCCCC2C1=O. The Morgan fingerprint density at radius 2 is 1.73 bits per heavy atom. The standard InChI is InChI=1S/C17H20N2O3/c1-11-6-2-5-9-14(11)18-15(20)10-19-16(21)12-7-3-4-8-13(12)17(19)22/h2,5-6,9,12-13H,3-4,7-8,10H2,1H3,(H,18,20). The number of para-hydroxylation sites is 1. The summed E-state index contributed by atoms with van der Waals surface area (Å²) in [6, 6.07) is 7.43. The van der Waals surface area contributed by atoms with Gasteiger partial charge in [0.2, 0.25) is 17.7 Å². The Morgan fingerprint density at radius 3 is 2.32 bits per heavy atom. The minimum atomic E-state index is -0.324. The number of hydrogen-bond acceptors (Lipinski definition) is 3. The maximum absolute atomic E-state index is 12.3. The van der Waals surface area contributed by atoms with Gasteiger partial charge in [-0.2, -0.15) is 0 Å². The number of hydrogen-bond donors (Lipinski definition) is 1. The third-order valence-corrected chi connectivity index (χ3v) is 4.65. The number of likely N-dealkylation sites (tertiary alicyclic amines) is 1. The largest absolute Gasteiger partial charge is 0.324 e. The molecule has 1 aromatic rings.